The summed E-state index contributed by atoms with van der Waals surface area (Å²) in [6.45, 7) is 2.72. The second-order valence-electron chi connectivity index (χ2n) is 5.05. The van der Waals surface area contributed by atoms with Crippen LogP contribution in [0.25, 0.3) is 0 Å². The van der Waals surface area contributed by atoms with Crippen molar-refractivity contribution in [3.63, 3.8) is 0 Å². The quantitative estimate of drug-likeness (QED) is 0.808. The highest BCUT2D eigenvalue weighted by Gasteiger charge is 2.32. The molecule has 94 valence electrons. The third-order valence-electron chi connectivity index (χ3n) is 3.78. The van der Waals surface area contributed by atoms with Crippen molar-refractivity contribution in [2.24, 2.45) is 0 Å². The molecular weight excluding hydrogens is 237 g/mol. The number of benzene rings is 1. The summed E-state index contributed by atoms with van der Waals surface area (Å²) in [6.07, 6.45) is 4.74. The lowest BCUT2D eigenvalue weighted by atomic mass is 9.99. The van der Waals surface area contributed by atoms with E-state index < -0.39 is 0 Å². The summed E-state index contributed by atoms with van der Waals surface area (Å²) in [7, 11) is 0. The van der Waals surface area contributed by atoms with Crippen LogP contribution in [-0.2, 0) is 6.54 Å². The lowest BCUT2D eigenvalue weighted by Gasteiger charge is -2.28. The summed E-state index contributed by atoms with van der Waals surface area (Å²) in [5.41, 5.74) is 2.23. The molecule has 0 unspecified atom stereocenters. The predicted octanol–water partition coefficient (Wildman–Crippen LogP) is 3.78. The van der Waals surface area contributed by atoms with E-state index in [1.807, 2.05) is 13.0 Å². The third-order valence-corrected chi connectivity index (χ3v) is 4.29. The first-order valence-electron chi connectivity index (χ1n) is 6.21. The highest BCUT2D eigenvalue weighted by Crippen LogP contribution is 2.31. The largest absolute Gasteiger partial charge is 0.306 e. The van der Waals surface area contributed by atoms with Crippen LogP contribution in [0.15, 0.2) is 18.2 Å². The van der Waals surface area contributed by atoms with Gasteiger partial charge in [0.05, 0.1) is 0 Å². The van der Waals surface area contributed by atoms with Gasteiger partial charge in [0.25, 0.3) is 0 Å². The molecule has 0 radical (unpaired) electrons. The molecule has 1 N–H and O–H groups in total. The summed E-state index contributed by atoms with van der Waals surface area (Å²) in [6, 6.07) is 4.94. The number of halogens is 2. The maximum absolute atomic E-state index is 13.2. The Balaban J connectivity index is 2.03. The Morgan fingerprint density at radius 1 is 1.35 bits per heavy atom. The zero-order valence-electron chi connectivity index (χ0n) is 10.2. The Morgan fingerprint density at radius 3 is 2.71 bits per heavy atom. The van der Waals surface area contributed by atoms with E-state index in [9.17, 15) is 4.39 Å². The fourth-order valence-corrected chi connectivity index (χ4v) is 2.88. The predicted molar refractivity (Wildman–Crippen MR) is 69.9 cm³/mol. The van der Waals surface area contributed by atoms with Crippen molar-refractivity contribution in [2.45, 2.75) is 44.7 Å². The van der Waals surface area contributed by atoms with Crippen LogP contribution in [0.3, 0.4) is 0 Å². The molecule has 1 fully saturated rings. The zero-order valence-corrected chi connectivity index (χ0v) is 11.0. The monoisotopic (exact) mass is 255 g/mol. The third kappa shape index (κ3) is 2.99. The van der Waals surface area contributed by atoms with Gasteiger partial charge in [-0.05, 0) is 43.0 Å². The van der Waals surface area contributed by atoms with Crippen molar-refractivity contribution in [1.82, 2.24) is 5.32 Å². The second-order valence-corrected chi connectivity index (χ2v) is 5.31. The van der Waals surface area contributed by atoms with Crippen LogP contribution in [0.2, 0.25) is 0 Å². The van der Waals surface area contributed by atoms with Crippen LogP contribution in [0.5, 0.6) is 0 Å². The van der Waals surface area contributed by atoms with Crippen LogP contribution in [0.4, 0.5) is 4.39 Å². The lowest BCUT2D eigenvalue weighted by Crippen LogP contribution is -2.44. The summed E-state index contributed by atoms with van der Waals surface area (Å²) in [4.78, 5) is 0. The minimum Gasteiger partial charge on any atom is -0.306 e. The SMILES string of the molecule is Cc1ccc(F)cc1CNC1(CCl)CCCC1. The van der Waals surface area contributed by atoms with Gasteiger partial charge in [-0.15, -0.1) is 11.6 Å². The fourth-order valence-electron chi connectivity index (χ4n) is 2.52. The molecule has 3 heteroatoms. The zero-order chi connectivity index (χ0) is 12.3. The van der Waals surface area contributed by atoms with Crippen LogP contribution >= 0.6 is 11.6 Å². The first kappa shape index (κ1) is 12.8. The molecule has 1 aliphatic carbocycles. The van der Waals surface area contributed by atoms with Crippen molar-refractivity contribution >= 4 is 11.6 Å². The van der Waals surface area contributed by atoms with Crippen LogP contribution in [-0.4, -0.2) is 11.4 Å². The van der Waals surface area contributed by atoms with E-state index in [1.54, 1.807) is 6.07 Å². The average molecular weight is 256 g/mol. The van der Waals surface area contributed by atoms with Gasteiger partial charge in [-0.3, -0.25) is 0 Å². The minimum atomic E-state index is -0.168. The number of nitrogens with one attached hydrogen (secondary N) is 1. The Bertz CT molecular complexity index is 386. The number of aryl methyl sites for hydroxylation is 1. The Labute approximate surface area is 107 Å². The first-order valence-corrected chi connectivity index (χ1v) is 6.75. The van der Waals surface area contributed by atoms with Crippen LogP contribution < -0.4 is 5.32 Å². The normalized spacial score (nSPS) is 18.5. The van der Waals surface area contributed by atoms with E-state index in [0.29, 0.717) is 12.4 Å². The average Bonchev–Trinajstić information content (AvgIpc) is 2.80. The highest BCUT2D eigenvalue weighted by atomic mass is 35.5. The topological polar surface area (TPSA) is 12.0 Å². The van der Waals surface area contributed by atoms with Gasteiger partial charge in [0, 0.05) is 18.0 Å². The fraction of sp³-hybridized carbons (Fsp3) is 0.571. The number of rotatable bonds is 4. The van der Waals surface area contributed by atoms with E-state index in [0.717, 1.165) is 24.0 Å². The molecule has 1 saturated carbocycles. The summed E-state index contributed by atoms with van der Waals surface area (Å²) < 4.78 is 13.2. The molecule has 0 amide bonds. The van der Waals surface area contributed by atoms with Crippen molar-refractivity contribution in [2.75, 3.05) is 5.88 Å². The van der Waals surface area contributed by atoms with E-state index >= 15 is 0 Å². The van der Waals surface area contributed by atoms with Gasteiger partial charge >= 0.3 is 0 Å². The molecule has 1 aromatic rings. The van der Waals surface area contributed by atoms with Gasteiger partial charge in [-0.1, -0.05) is 18.9 Å². The maximum Gasteiger partial charge on any atom is 0.123 e. The molecule has 0 bridgehead atoms. The molecule has 0 atom stereocenters. The Morgan fingerprint density at radius 2 is 2.06 bits per heavy atom. The van der Waals surface area contributed by atoms with Gasteiger partial charge in [0.2, 0.25) is 0 Å². The van der Waals surface area contributed by atoms with Crippen molar-refractivity contribution in [3.8, 4) is 0 Å². The number of hydrogen-bond donors (Lipinski definition) is 1. The lowest BCUT2D eigenvalue weighted by molar-refractivity contribution is 0.367. The molecule has 1 aliphatic rings. The molecule has 17 heavy (non-hydrogen) atoms. The van der Waals surface area contributed by atoms with Gasteiger partial charge < -0.3 is 5.32 Å². The van der Waals surface area contributed by atoms with Crippen molar-refractivity contribution in [1.29, 1.82) is 0 Å². The standard InChI is InChI=1S/C14H19ClFN/c1-11-4-5-13(16)8-12(11)9-17-14(10-15)6-2-3-7-14/h4-5,8,17H,2-3,6-7,9-10H2,1H3. The molecule has 1 aromatic carbocycles. The van der Waals surface area contributed by atoms with Crippen LogP contribution in [0.1, 0.15) is 36.8 Å². The summed E-state index contributed by atoms with van der Waals surface area (Å²) in [5.74, 6) is 0.472. The maximum atomic E-state index is 13.2. The number of hydrogen-bond acceptors (Lipinski definition) is 1. The first-order chi connectivity index (χ1) is 8.15. The van der Waals surface area contributed by atoms with E-state index in [4.69, 9.17) is 11.6 Å². The molecule has 0 heterocycles. The molecule has 2 rings (SSSR count). The molecule has 0 aliphatic heterocycles. The van der Waals surface area contributed by atoms with Gasteiger partial charge in [0.15, 0.2) is 0 Å². The van der Waals surface area contributed by atoms with Gasteiger partial charge in [0.1, 0.15) is 5.82 Å². The molecular formula is C14H19ClFN. The Hall–Kier alpha value is -0.600. The summed E-state index contributed by atoms with van der Waals surface area (Å²) >= 11 is 6.07. The smallest absolute Gasteiger partial charge is 0.123 e. The van der Waals surface area contributed by atoms with Gasteiger partial charge in [-0.25, -0.2) is 4.39 Å². The van der Waals surface area contributed by atoms with E-state index in [1.165, 1.54) is 18.9 Å². The van der Waals surface area contributed by atoms with E-state index in [2.05, 4.69) is 5.32 Å². The molecule has 0 saturated heterocycles. The molecule has 1 nitrogen and oxygen atoms in total. The Kier molecular flexibility index (Phi) is 4.05. The van der Waals surface area contributed by atoms with Crippen LogP contribution in [0, 0.1) is 12.7 Å². The van der Waals surface area contributed by atoms with Gasteiger partial charge in [-0.2, -0.15) is 0 Å². The number of alkyl halides is 1. The summed E-state index contributed by atoms with van der Waals surface area (Å²) in [5, 5.41) is 3.53. The molecule has 0 spiro atoms. The molecule has 0 aromatic heterocycles. The minimum absolute atomic E-state index is 0.0698. The van der Waals surface area contributed by atoms with Crippen molar-refractivity contribution < 1.29 is 4.39 Å². The van der Waals surface area contributed by atoms with Crippen molar-refractivity contribution in [3.05, 3.63) is 35.1 Å². The second kappa shape index (κ2) is 5.36. The highest BCUT2D eigenvalue weighted by molar-refractivity contribution is 6.18. The van der Waals surface area contributed by atoms with E-state index in [-0.39, 0.29) is 11.4 Å².